The smallest absolute Gasteiger partial charge is 0.269 e. The summed E-state index contributed by atoms with van der Waals surface area (Å²) in [6, 6.07) is 3.28. The minimum atomic E-state index is -0.563. The number of carbonyl (C=O) groups excluding carboxylic acids is 1. The fourth-order valence-electron chi connectivity index (χ4n) is 1.08. The molecule has 1 amide bonds. The molecule has 0 unspecified atom stereocenters. The van der Waals surface area contributed by atoms with Crippen LogP contribution >= 0.6 is 0 Å². The summed E-state index contributed by atoms with van der Waals surface area (Å²) in [5, 5.41) is 10.8. The van der Waals surface area contributed by atoms with Crippen molar-refractivity contribution in [3.63, 3.8) is 0 Å². The zero-order valence-electron chi connectivity index (χ0n) is 10.8. The summed E-state index contributed by atoms with van der Waals surface area (Å²) in [6.07, 6.45) is 0. The lowest BCUT2D eigenvalue weighted by Crippen LogP contribution is -2.29. The van der Waals surface area contributed by atoms with Crippen molar-refractivity contribution in [1.29, 1.82) is 0 Å². The number of nitrogens with one attached hydrogen (secondary N) is 1. The fourth-order valence-corrected chi connectivity index (χ4v) is 1.08. The van der Waals surface area contributed by atoms with E-state index in [0.29, 0.717) is 11.7 Å². The Morgan fingerprint density at radius 2 is 2.06 bits per heavy atom. The molecule has 1 aromatic heterocycles. The molecule has 0 saturated carbocycles. The zero-order valence-corrected chi connectivity index (χ0v) is 10.8. The Hall–Kier alpha value is -1.65. The molecule has 17 heavy (non-hydrogen) atoms. The molecule has 0 atom stereocenters. The number of carbonyl (C=O) groups is 1. The summed E-state index contributed by atoms with van der Waals surface area (Å²) in [5.41, 5.74) is 5.43. The number of aromatic nitrogens is 2. The molecule has 0 bridgehead atoms. The van der Waals surface area contributed by atoms with Crippen molar-refractivity contribution in [2.75, 3.05) is 11.9 Å². The average Bonchev–Trinajstić information content (AvgIpc) is 2.27. The van der Waals surface area contributed by atoms with Gasteiger partial charge in [-0.3, -0.25) is 4.79 Å². The van der Waals surface area contributed by atoms with Gasteiger partial charge in [-0.2, -0.15) is 0 Å². The van der Waals surface area contributed by atoms with Gasteiger partial charge in [-0.05, 0) is 23.5 Å². The van der Waals surface area contributed by atoms with E-state index in [2.05, 4.69) is 43.2 Å². The molecule has 0 saturated heterocycles. The van der Waals surface area contributed by atoms with Gasteiger partial charge in [0.25, 0.3) is 5.91 Å². The lowest BCUT2D eigenvalue weighted by atomic mass is 9.81. The van der Waals surface area contributed by atoms with Gasteiger partial charge in [0.1, 0.15) is 5.82 Å². The largest absolute Gasteiger partial charge is 0.368 e. The molecule has 5 heteroatoms. The molecule has 0 aliphatic carbocycles. The van der Waals surface area contributed by atoms with Gasteiger partial charge < -0.3 is 11.1 Å². The number of nitrogens with two attached hydrogens (primary N) is 1. The zero-order chi connectivity index (χ0) is 13.1. The van der Waals surface area contributed by atoms with Crippen molar-refractivity contribution in [2.45, 2.75) is 27.7 Å². The van der Waals surface area contributed by atoms with E-state index in [1.165, 1.54) is 0 Å². The first-order valence-corrected chi connectivity index (χ1v) is 5.70. The highest BCUT2D eigenvalue weighted by Gasteiger charge is 2.22. The van der Waals surface area contributed by atoms with Crippen LogP contribution in [0.15, 0.2) is 12.1 Å². The maximum Gasteiger partial charge on any atom is 0.269 e. The Balaban J connectivity index is 2.62. The van der Waals surface area contributed by atoms with Crippen molar-refractivity contribution in [3.8, 4) is 0 Å². The predicted octanol–water partition coefficient (Wildman–Crippen LogP) is 1.67. The van der Waals surface area contributed by atoms with Gasteiger partial charge in [-0.15, -0.1) is 10.2 Å². The van der Waals surface area contributed by atoms with Crippen molar-refractivity contribution >= 4 is 11.7 Å². The molecular weight excluding hydrogens is 216 g/mol. The molecule has 0 aliphatic heterocycles. The van der Waals surface area contributed by atoms with Crippen LogP contribution in [0, 0.1) is 11.3 Å². The highest BCUT2D eigenvalue weighted by atomic mass is 16.1. The van der Waals surface area contributed by atoms with Gasteiger partial charge in [0.05, 0.1) is 0 Å². The van der Waals surface area contributed by atoms with Crippen molar-refractivity contribution in [1.82, 2.24) is 10.2 Å². The second kappa shape index (κ2) is 5.12. The van der Waals surface area contributed by atoms with E-state index in [9.17, 15) is 4.79 Å². The Labute approximate surface area is 102 Å². The molecule has 1 heterocycles. The van der Waals surface area contributed by atoms with Crippen LogP contribution in [-0.4, -0.2) is 22.6 Å². The van der Waals surface area contributed by atoms with E-state index >= 15 is 0 Å². The standard InChI is InChI=1S/C12H20N4O/c1-8(2)12(3,4)7-14-10-6-5-9(11(13)17)15-16-10/h5-6,8H,7H2,1-4H3,(H2,13,17)(H,14,16). The Morgan fingerprint density at radius 3 is 2.47 bits per heavy atom. The van der Waals surface area contributed by atoms with Gasteiger partial charge in [0.2, 0.25) is 0 Å². The number of hydrogen-bond donors (Lipinski definition) is 2. The first-order valence-electron chi connectivity index (χ1n) is 5.70. The van der Waals surface area contributed by atoms with Gasteiger partial charge in [-0.25, -0.2) is 0 Å². The van der Waals surface area contributed by atoms with Crippen LogP contribution in [0.4, 0.5) is 5.82 Å². The maximum atomic E-state index is 10.8. The topological polar surface area (TPSA) is 80.9 Å². The van der Waals surface area contributed by atoms with Crippen LogP contribution in [0.3, 0.4) is 0 Å². The minimum Gasteiger partial charge on any atom is -0.368 e. The second-order valence-corrected chi connectivity index (χ2v) is 5.16. The van der Waals surface area contributed by atoms with Crippen LogP contribution in [0.1, 0.15) is 38.2 Å². The van der Waals surface area contributed by atoms with Crippen LogP contribution in [0.25, 0.3) is 0 Å². The summed E-state index contributed by atoms with van der Waals surface area (Å²) < 4.78 is 0. The van der Waals surface area contributed by atoms with Crippen LogP contribution in [0.2, 0.25) is 0 Å². The number of amides is 1. The van der Waals surface area contributed by atoms with Gasteiger partial charge in [0.15, 0.2) is 5.69 Å². The third kappa shape index (κ3) is 3.69. The lowest BCUT2D eigenvalue weighted by Gasteiger charge is -2.29. The quantitative estimate of drug-likeness (QED) is 0.814. The van der Waals surface area contributed by atoms with E-state index in [1.807, 2.05) is 0 Å². The van der Waals surface area contributed by atoms with Crippen molar-refractivity contribution < 1.29 is 4.79 Å². The van der Waals surface area contributed by atoms with Crippen LogP contribution in [0.5, 0.6) is 0 Å². The fraction of sp³-hybridized carbons (Fsp3) is 0.583. The first-order chi connectivity index (χ1) is 7.83. The average molecular weight is 236 g/mol. The predicted molar refractivity (Wildman–Crippen MR) is 67.7 cm³/mol. The van der Waals surface area contributed by atoms with E-state index in [0.717, 1.165) is 6.54 Å². The molecule has 0 aromatic carbocycles. The Bertz CT molecular complexity index is 384. The summed E-state index contributed by atoms with van der Waals surface area (Å²) in [5.74, 6) is 0.656. The van der Waals surface area contributed by atoms with Crippen molar-refractivity contribution in [3.05, 3.63) is 17.8 Å². The highest BCUT2D eigenvalue weighted by molar-refractivity contribution is 5.90. The third-order valence-electron chi connectivity index (χ3n) is 3.21. The van der Waals surface area contributed by atoms with Gasteiger partial charge in [-0.1, -0.05) is 27.7 Å². The summed E-state index contributed by atoms with van der Waals surface area (Å²) in [4.78, 5) is 10.8. The number of hydrogen-bond acceptors (Lipinski definition) is 4. The van der Waals surface area contributed by atoms with E-state index < -0.39 is 5.91 Å². The van der Waals surface area contributed by atoms with Gasteiger partial charge >= 0.3 is 0 Å². The van der Waals surface area contributed by atoms with Gasteiger partial charge in [0, 0.05) is 6.54 Å². The SMILES string of the molecule is CC(C)C(C)(C)CNc1ccc(C(N)=O)nn1. The first kappa shape index (κ1) is 13.4. The van der Waals surface area contributed by atoms with E-state index in [1.54, 1.807) is 12.1 Å². The molecule has 1 aromatic rings. The van der Waals surface area contributed by atoms with E-state index in [4.69, 9.17) is 5.73 Å². The molecule has 0 spiro atoms. The highest BCUT2D eigenvalue weighted by Crippen LogP contribution is 2.25. The molecule has 0 fully saturated rings. The molecular formula is C12H20N4O. The lowest BCUT2D eigenvalue weighted by molar-refractivity contribution is 0.0994. The molecule has 5 nitrogen and oxygen atoms in total. The number of primary amides is 1. The molecule has 0 radical (unpaired) electrons. The third-order valence-corrected chi connectivity index (χ3v) is 3.21. The van der Waals surface area contributed by atoms with Crippen LogP contribution < -0.4 is 11.1 Å². The minimum absolute atomic E-state index is 0.171. The maximum absolute atomic E-state index is 10.8. The number of anilines is 1. The summed E-state index contributed by atoms with van der Waals surface area (Å²) in [7, 11) is 0. The normalized spacial score (nSPS) is 11.6. The van der Waals surface area contributed by atoms with E-state index in [-0.39, 0.29) is 11.1 Å². The number of nitrogens with zero attached hydrogens (tertiary/aromatic N) is 2. The number of rotatable bonds is 5. The molecule has 3 N–H and O–H groups in total. The molecule has 94 valence electrons. The summed E-state index contributed by atoms with van der Waals surface area (Å²) >= 11 is 0. The summed E-state index contributed by atoms with van der Waals surface area (Å²) in [6.45, 7) is 9.55. The van der Waals surface area contributed by atoms with Crippen molar-refractivity contribution in [2.24, 2.45) is 17.1 Å². The molecule has 0 aliphatic rings. The Morgan fingerprint density at radius 1 is 1.41 bits per heavy atom. The van der Waals surface area contributed by atoms with Crippen LogP contribution in [-0.2, 0) is 0 Å². The Kier molecular flexibility index (Phi) is 4.04. The second-order valence-electron chi connectivity index (χ2n) is 5.16. The monoisotopic (exact) mass is 236 g/mol. The molecule has 1 rings (SSSR count).